The van der Waals surface area contributed by atoms with Crippen LogP contribution in [-0.2, 0) is 14.8 Å². The van der Waals surface area contributed by atoms with E-state index in [-0.39, 0.29) is 17.9 Å². The molecule has 1 amide bonds. The van der Waals surface area contributed by atoms with Gasteiger partial charge in [0, 0.05) is 38.4 Å². The van der Waals surface area contributed by atoms with Crippen LogP contribution >= 0.6 is 0 Å². The van der Waals surface area contributed by atoms with Gasteiger partial charge in [0.15, 0.2) is 0 Å². The third-order valence-corrected chi connectivity index (χ3v) is 5.69. The molecule has 6 nitrogen and oxygen atoms in total. The number of sulfonamides is 1. The van der Waals surface area contributed by atoms with Gasteiger partial charge in [-0.1, -0.05) is 0 Å². The van der Waals surface area contributed by atoms with Crippen LogP contribution in [-0.4, -0.2) is 54.9 Å². The number of nitrogens with zero attached hydrogens (tertiary/aromatic N) is 3. The second-order valence-electron chi connectivity index (χ2n) is 5.84. The van der Waals surface area contributed by atoms with Crippen molar-refractivity contribution in [2.75, 3.05) is 26.4 Å². The van der Waals surface area contributed by atoms with Gasteiger partial charge < -0.3 is 4.90 Å². The second-order valence-corrected chi connectivity index (χ2v) is 7.82. The van der Waals surface area contributed by atoms with Gasteiger partial charge in [0.05, 0.1) is 12.3 Å². The second kappa shape index (κ2) is 6.75. The molecule has 7 heteroatoms. The van der Waals surface area contributed by atoms with Gasteiger partial charge in [0.1, 0.15) is 0 Å². The first-order chi connectivity index (χ1) is 10.3. The lowest BCUT2D eigenvalue weighted by atomic mass is 9.95. The predicted octanol–water partition coefficient (Wildman–Crippen LogP) is 1.27. The average molecular weight is 325 g/mol. The van der Waals surface area contributed by atoms with E-state index < -0.39 is 10.0 Å². The van der Waals surface area contributed by atoms with Crippen LogP contribution in [0.1, 0.15) is 31.4 Å². The Kier molecular flexibility index (Phi) is 5.18. The summed E-state index contributed by atoms with van der Waals surface area (Å²) in [6.07, 6.45) is 5.81. The molecule has 0 radical (unpaired) electrons. The molecule has 122 valence electrons. The Labute approximate surface area is 132 Å². The molecule has 1 fully saturated rings. The summed E-state index contributed by atoms with van der Waals surface area (Å²) >= 11 is 0. The van der Waals surface area contributed by atoms with Gasteiger partial charge >= 0.3 is 0 Å². The van der Waals surface area contributed by atoms with E-state index in [1.54, 1.807) is 24.3 Å². The van der Waals surface area contributed by atoms with Gasteiger partial charge in [-0.3, -0.25) is 9.78 Å². The first-order valence-corrected chi connectivity index (χ1v) is 9.27. The molecule has 1 aromatic heterocycles. The quantitative estimate of drug-likeness (QED) is 0.836. The summed E-state index contributed by atoms with van der Waals surface area (Å²) in [5, 5.41) is 0. The Bertz CT molecular complexity index is 610. The van der Waals surface area contributed by atoms with Crippen LogP contribution < -0.4 is 0 Å². The Morgan fingerprint density at radius 3 is 2.36 bits per heavy atom. The summed E-state index contributed by atoms with van der Waals surface area (Å²) in [6, 6.07) is 3.78. The first-order valence-electron chi connectivity index (χ1n) is 7.42. The number of hydrogen-bond acceptors (Lipinski definition) is 4. The van der Waals surface area contributed by atoms with Crippen molar-refractivity contribution in [3.63, 3.8) is 0 Å². The molecule has 2 heterocycles. The zero-order valence-electron chi connectivity index (χ0n) is 13.3. The molecule has 1 atom stereocenters. The highest BCUT2D eigenvalue weighted by atomic mass is 32.2. The van der Waals surface area contributed by atoms with Crippen molar-refractivity contribution in [3.8, 4) is 0 Å². The summed E-state index contributed by atoms with van der Waals surface area (Å²) in [6.45, 7) is 2.83. The van der Waals surface area contributed by atoms with Crippen LogP contribution in [0.15, 0.2) is 24.5 Å². The normalized spacial score (nSPS) is 18.9. The lowest BCUT2D eigenvalue weighted by molar-refractivity contribution is -0.137. The third kappa shape index (κ3) is 3.84. The minimum Gasteiger partial charge on any atom is -0.339 e. The van der Waals surface area contributed by atoms with E-state index in [0.717, 1.165) is 5.56 Å². The molecule has 0 N–H and O–H groups in total. The van der Waals surface area contributed by atoms with E-state index in [0.29, 0.717) is 25.9 Å². The number of piperidine rings is 1. The summed E-state index contributed by atoms with van der Waals surface area (Å²) in [5.41, 5.74) is 1.04. The SMILES string of the molecule is CC(c1ccncc1)N(C)C(=O)C1CCN(S(C)(=O)=O)CC1. The van der Waals surface area contributed by atoms with Crippen LogP contribution in [0.4, 0.5) is 0 Å². The standard InChI is InChI=1S/C15H23N3O3S/c1-12(13-4-8-16-9-5-13)17(2)15(19)14-6-10-18(11-7-14)22(3,20)21/h4-5,8-9,12,14H,6-7,10-11H2,1-3H3. The number of rotatable bonds is 4. The fourth-order valence-electron chi connectivity index (χ4n) is 2.78. The van der Waals surface area contributed by atoms with Gasteiger partial charge in [-0.25, -0.2) is 12.7 Å². The molecule has 2 rings (SSSR count). The summed E-state index contributed by atoms with van der Waals surface area (Å²) in [4.78, 5) is 18.3. The van der Waals surface area contributed by atoms with E-state index in [2.05, 4.69) is 4.98 Å². The Morgan fingerprint density at radius 2 is 1.86 bits per heavy atom. The molecule has 1 aromatic rings. The summed E-state index contributed by atoms with van der Waals surface area (Å²) in [5.74, 6) is -0.0234. The average Bonchev–Trinajstić information content (AvgIpc) is 2.53. The van der Waals surface area contributed by atoms with Gasteiger partial charge in [-0.2, -0.15) is 0 Å². The van der Waals surface area contributed by atoms with Crippen molar-refractivity contribution in [3.05, 3.63) is 30.1 Å². The number of carbonyl (C=O) groups excluding carboxylic acids is 1. The van der Waals surface area contributed by atoms with Crippen LogP contribution in [0, 0.1) is 5.92 Å². The van der Waals surface area contributed by atoms with Gasteiger partial charge in [0.25, 0.3) is 0 Å². The molecule has 1 unspecified atom stereocenters. The van der Waals surface area contributed by atoms with Crippen molar-refractivity contribution in [2.45, 2.75) is 25.8 Å². The fourth-order valence-corrected chi connectivity index (χ4v) is 3.65. The fraction of sp³-hybridized carbons (Fsp3) is 0.600. The monoisotopic (exact) mass is 325 g/mol. The zero-order chi connectivity index (χ0) is 16.3. The van der Waals surface area contributed by atoms with Gasteiger partial charge in [-0.05, 0) is 37.5 Å². The first kappa shape index (κ1) is 16.9. The minimum atomic E-state index is -3.15. The van der Waals surface area contributed by atoms with E-state index in [9.17, 15) is 13.2 Å². The van der Waals surface area contributed by atoms with E-state index in [1.165, 1.54) is 10.6 Å². The number of pyridine rings is 1. The van der Waals surface area contributed by atoms with Crippen molar-refractivity contribution in [2.24, 2.45) is 5.92 Å². The molecule has 1 saturated heterocycles. The highest BCUT2D eigenvalue weighted by molar-refractivity contribution is 7.88. The molecular formula is C15H23N3O3S. The minimum absolute atomic E-state index is 0.0246. The van der Waals surface area contributed by atoms with Crippen molar-refractivity contribution >= 4 is 15.9 Å². The van der Waals surface area contributed by atoms with Crippen LogP contribution in [0.3, 0.4) is 0 Å². The number of hydrogen-bond donors (Lipinski definition) is 0. The Hall–Kier alpha value is -1.47. The lowest BCUT2D eigenvalue weighted by Crippen LogP contribution is -2.43. The maximum absolute atomic E-state index is 12.6. The largest absolute Gasteiger partial charge is 0.339 e. The van der Waals surface area contributed by atoms with Crippen LogP contribution in [0.2, 0.25) is 0 Å². The Balaban J connectivity index is 1.98. The molecule has 1 aliphatic heterocycles. The maximum atomic E-state index is 12.6. The van der Waals surface area contributed by atoms with Crippen LogP contribution in [0.5, 0.6) is 0 Å². The smallest absolute Gasteiger partial charge is 0.226 e. The molecule has 0 aromatic carbocycles. The van der Waals surface area contributed by atoms with Gasteiger partial charge in [-0.15, -0.1) is 0 Å². The number of aromatic nitrogens is 1. The van der Waals surface area contributed by atoms with E-state index in [1.807, 2.05) is 19.1 Å². The van der Waals surface area contributed by atoms with Crippen molar-refractivity contribution < 1.29 is 13.2 Å². The Morgan fingerprint density at radius 1 is 1.32 bits per heavy atom. The summed E-state index contributed by atoms with van der Waals surface area (Å²) in [7, 11) is -1.35. The van der Waals surface area contributed by atoms with E-state index >= 15 is 0 Å². The molecule has 1 aliphatic rings. The highest BCUT2D eigenvalue weighted by Gasteiger charge is 2.31. The molecule has 0 saturated carbocycles. The highest BCUT2D eigenvalue weighted by Crippen LogP contribution is 2.25. The zero-order valence-corrected chi connectivity index (χ0v) is 14.1. The molecule has 0 aliphatic carbocycles. The molecule has 0 spiro atoms. The van der Waals surface area contributed by atoms with Crippen molar-refractivity contribution in [1.82, 2.24) is 14.2 Å². The predicted molar refractivity (Wildman–Crippen MR) is 84.6 cm³/mol. The summed E-state index contributed by atoms with van der Waals surface area (Å²) < 4.78 is 24.5. The topological polar surface area (TPSA) is 70.6 Å². The molecule has 22 heavy (non-hydrogen) atoms. The van der Waals surface area contributed by atoms with Gasteiger partial charge in [0.2, 0.25) is 15.9 Å². The lowest BCUT2D eigenvalue weighted by Gasteiger charge is -2.34. The number of carbonyl (C=O) groups is 1. The molecular weight excluding hydrogens is 302 g/mol. The van der Waals surface area contributed by atoms with E-state index in [4.69, 9.17) is 0 Å². The van der Waals surface area contributed by atoms with Crippen molar-refractivity contribution in [1.29, 1.82) is 0 Å². The third-order valence-electron chi connectivity index (χ3n) is 4.39. The number of amides is 1. The maximum Gasteiger partial charge on any atom is 0.226 e. The van der Waals surface area contributed by atoms with Crippen LogP contribution in [0.25, 0.3) is 0 Å². The molecule has 0 bridgehead atoms.